The van der Waals surface area contributed by atoms with Crippen LogP contribution >= 0.6 is 0 Å². The van der Waals surface area contributed by atoms with Crippen LogP contribution in [0.2, 0.25) is 0 Å². The van der Waals surface area contributed by atoms with Gasteiger partial charge in [0.1, 0.15) is 11.8 Å². The highest BCUT2D eigenvalue weighted by molar-refractivity contribution is 5.94. The number of benzene rings is 2. The van der Waals surface area contributed by atoms with Gasteiger partial charge in [0.25, 0.3) is 0 Å². The maximum absolute atomic E-state index is 14.1. The van der Waals surface area contributed by atoms with Crippen LogP contribution in [0.25, 0.3) is 10.8 Å². The van der Waals surface area contributed by atoms with Gasteiger partial charge in [-0.25, -0.2) is 4.39 Å². The van der Waals surface area contributed by atoms with E-state index < -0.39 is 5.82 Å². The summed E-state index contributed by atoms with van der Waals surface area (Å²) in [4.78, 5) is 0. The lowest BCUT2D eigenvalue weighted by atomic mass is 9.91. The number of phenolic OH excluding ortho intramolecular Hbond substituents is 1. The third-order valence-corrected chi connectivity index (χ3v) is 3.08. The molecule has 23 heavy (non-hydrogen) atoms. The first-order valence-electron chi connectivity index (χ1n) is 7.85. The average molecular weight is 313 g/mol. The largest absolute Gasteiger partial charge is 0.508 e. The molecule has 2 rings (SSSR count). The standard InChI is InChI=1S/C16H12FNO.2C2H6/c1-4-13-15-10(5-11(8-18)16(13)17)6-12(19)7-14(15)9(2)3;2*1-2/h1,5-7,9,19H,2-3H3;2*1-2H3. The second-order valence-corrected chi connectivity index (χ2v) is 4.66. The van der Waals surface area contributed by atoms with Crippen molar-refractivity contribution in [3.05, 3.63) is 40.7 Å². The maximum Gasteiger partial charge on any atom is 0.157 e. The summed E-state index contributed by atoms with van der Waals surface area (Å²) in [6.07, 6.45) is 5.39. The van der Waals surface area contributed by atoms with E-state index in [4.69, 9.17) is 11.7 Å². The highest BCUT2D eigenvalue weighted by atomic mass is 19.1. The maximum atomic E-state index is 14.1. The Morgan fingerprint density at radius 2 is 1.70 bits per heavy atom. The number of rotatable bonds is 1. The van der Waals surface area contributed by atoms with Crippen molar-refractivity contribution >= 4 is 10.8 Å². The topological polar surface area (TPSA) is 44.0 Å². The van der Waals surface area contributed by atoms with Gasteiger partial charge >= 0.3 is 0 Å². The number of nitriles is 1. The Morgan fingerprint density at radius 1 is 1.13 bits per heavy atom. The molecule has 2 aromatic rings. The molecule has 0 unspecified atom stereocenters. The molecule has 0 fully saturated rings. The van der Waals surface area contributed by atoms with Crippen molar-refractivity contribution in [3.63, 3.8) is 0 Å². The smallest absolute Gasteiger partial charge is 0.157 e. The number of nitrogens with zero attached hydrogens (tertiary/aromatic N) is 1. The lowest BCUT2D eigenvalue weighted by Crippen LogP contribution is -1.97. The van der Waals surface area contributed by atoms with Crippen LogP contribution in [0.5, 0.6) is 5.75 Å². The molecule has 0 saturated heterocycles. The number of halogens is 1. The number of hydrogen-bond donors (Lipinski definition) is 1. The minimum atomic E-state index is -0.676. The van der Waals surface area contributed by atoms with Crippen molar-refractivity contribution in [2.45, 2.75) is 47.5 Å². The van der Waals surface area contributed by atoms with E-state index in [9.17, 15) is 9.50 Å². The van der Waals surface area contributed by atoms with Gasteiger partial charge in [-0.1, -0.05) is 47.5 Å². The van der Waals surface area contributed by atoms with Crippen LogP contribution in [-0.4, -0.2) is 5.11 Å². The van der Waals surface area contributed by atoms with Crippen LogP contribution in [-0.2, 0) is 0 Å². The molecule has 0 radical (unpaired) electrons. The number of phenols is 1. The Hall–Kier alpha value is -2.52. The van der Waals surface area contributed by atoms with E-state index in [1.807, 2.05) is 41.5 Å². The van der Waals surface area contributed by atoms with Crippen molar-refractivity contribution in [1.82, 2.24) is 0 Å². The first-order valence-corrected chi connectivity index (χ1v) is 7.85. The Labute approximate surface area is 138 Å². The van der Waals surface area contributed by atoms with Crippen LogP contribution in [0, 0.1) is 29.5 Å². The van der Waals surface area contributed by atoms with Crippen LogP contribution in [0.15, 0.2) is 18.2 Å². The summed E-state index contributed by atoms with van der Waals surface area (Å²) in [5.74, 6) is 1.80. The Balaban J connectivity index is 0.00000112. The third-order valence-electron chi connectivity index (χ3n) is 3.08. The quantitative estimate of drug-likeness (QED) is 0.685. The molecule has 0 amide bonds. The van der Waals surface area contributed by atoms with Gasteiger partial charge in [-0.05, 0) is 35.1 Å². The van der Waals surface area contributed by atoms with Gasteiger partial charge in [0.05, 0.1) is 11.1 Å². The predicted octanol–water partition coefficient (Wildman–Crippen LogP) is 5.71. The molecule has 122 valence electrons. The number of fused-ring (bicyclic) bond motifs is 1. The molecule has 0 bridgehead atoms. The van der Waals surface area contributed by atoms with Gasteiger partial charge in [-0.3, -0.25) is 0 Å². The summed E-state index contributed by atoms with van der Waals surface area (Å²) >= 11 is 0. The van der Waals surface area contributed by atoms with Crippen molar-refractivity contribution in [2.24, 2.45) is 0 Å². The summed E-state index contributed by atoms with van der Waals surface area (Å²) in [6.45, 7) is 11.9. The van der Waals surface area contributed by atoms with E-state index in [-0.39, 0.29) is 22.8 Å². The molecule has 3 heteroatoms. The normalized spacial score (nSPS) is 9.13. The Kier molecular flexibility index (Phi) is 8.45. The second kappa shape index (κ2) is 9.49. The molecular formula is C20H24FNO. The monoisotopic (exact) mass is 313 g/mol. The lowest BCUT2D eigenvalue weighted by Gasteiger charge is -2.14. The van der Waals surface area contributed by atoms with Gasteiger partial charge in [0.15, 0.2) is 5.82 Å². The molecular weight excluding hydrogens is 289 g/mol. The van der Waals surface area contributed by atoms with Crippen molar-refractivity contribution in [2.75, 3.05) is 0 Å². The summed E-state index contributed by atoms with van der Waals surface area (Å²) < 4.78 is 14.1. The summed E-state index contributed by atoms with van der Waals surface area (Å²) in [5, 5.41) is 19.8. The Bertz CT molecular complexity index is 749. The van der Waals surface area contributed by atoms with Gasteiger partial charge in [-0.15, -0.1) is 6.42 Å². The zero-order chi connectivity index (χ0) is 18.2. The van der Waals surface area contributed by atoms with Gasteiger partial charge < -0.3 is 5.11 Å². The van der Waals surface area contributed by atoms with E-state index in [2.05, 4.69) is 5.92 Å². The van der Waals surface area contributed by atoms with Gasteiger partial charge in [0, 0.05) is 5.39 Å². The van der Waals surface area contributed by atoms with Crippen LogP contribution < -0.4 is 0 Å². The predicted molar refractivity (Wildman–Crippen MR) is 95.0 cm³/mol. The highest BCUT2D eigenvalue weighted by Gasteiger charge is 2.17. The van der Waals surface area contributed by atoms with Crippen molar-refractivity contribution < 1.29 is 9.50 Å². The minimum absolute atomic E-state index is 0.0778. The van der Waals surface area contributed by atoms with E-state index >= 15 is 0 Å². The van der Waals surface area contributed by atoms with Crippen LogP contribution in [0.3, 0.4) is 0 Å². The molecule has 2 aromatic carbocycles. The zero-order valence-electron chi connectivity index (χ0n) is 14.7. The molecule has 1 N–H and O–H groups in total. The SMILES string of the molecule is C#Cc1c(F)c(C#N)cc2cc(O)cc(C(C)C)c12.CC.CC. The third kappa shape index (κ3) is 4.24. The molecule has 0 aliphatic heterocycles. The number of hydrogen-bond acceptors (Lipinski definition) is 2. The van der Waals surface area contributed by atoms with Crippen LogP contribution in [0.1, 0.15) is 64.2 Å². The highest BCUT2D eigenvalue weighted by Crippen LogP contribution is 2.34. The molecule has 0 aliphatic rings. The van der Waals surface area contributed by atoms with Crippen molar-refractivity contribution in [1.29, 1.82) is 5.26 Å². The molecule has 2 nitrogen and oxygen atoms in total. The van der Waals surface area contributed by atoms with Gasteiger partial charge in [0.2, 0.25) is 0 Å². The fourth-order valence-electron chi connectivity index (χ4n) is 2.21. The molecule has 0 atom stereocenters. The summed E-state index contributed by atoms with van der Waals surface area (Å²) in [7, 11) is 0. The van der Waals surface area contributed by atoms with Crippen LogP contribution in [0.4, 0.5) is 4.39 Å². The molecule has 0 aliphatic carbocycles. The summed E-state index contributed by atoms with van der Waals surface area (Å²) in [5.41, 5.74) is 0.741. The first kappa shape index (κ1) is 20.5. The minimum Gasteiger partial charge on any atom is -0.508 e. The molecule has 0 spiro atoms. The average Bonchev–Trinajstić information content (AvgIpc) is 2.57. The lowest BCUT2D eigenvalue weighted by molar-refractivity contribution is 0.475. The fraction of sp³-hybridized carbons (Fsp3) is 0.350. The van der Waals surface area contributed by atoms with Crippen molar-refractivity contribution in [3.8, 4) is 24.2 Å². The summed E-state index contributed by atoms with van der Waals surface area (Å²) in [6, 6.07) is 6.26. The van der Waals surface area contributed by atoms with E-state index in [0.717, 1.165) is 5.56 Å². The molecule has 0 heterocycles. The fourth-order valence-corrected chi connectivity index (χ4v) is 2.21. The number of aromatic hydroxyl groups is 1. The zero-order valence-corrected chi connectivity index (χ0v) is 14.7. The van der Waals surface area contributed by atoms with Gasteiger partial charge in [-0.2, -0.15) is 5.26 Å². The Morgan fingerprint density at radius 3 is 2.13 bits per heavy atom. The second-order valence-electron chi connectivity index (χ2n) is 4.66. The number of terminal acetylenes is 1. The van der Waals surface area contributed by atoms with E-state index in [1.54, 1.807) is 12.1 Å². The molecule has 0 saturated carbocycles. The first-order chi connectivity index (χ1) is 11.0. The van der Waals surface area contributed by atoms with E-state index in [1.165, 1.54) is 12.1 Å². The van der Waals surface area contributed by atoms with E-state index in [0.29, 0.717) is 10.8 Å². The molecule has 0 aromatic heterocycles.